The molecule has 2 aromatic carbocycles. The first-order valence-corrected chi connectivity index (χ1v) is 18.3. The molecule has 2 aliphatic rings. The predicted molar refractivity (Wildman–Crippen MR) is 186 cm³/mol. The lowest BCUT2D eigenvalue weighted by atomic mass is 9.87. The number of nitrogens with zero attached hydrogens (tertiary/aromatic N) is 3. The lowest BCUT2D eigenvalue weighted by molar-refractivity contribution is 0.0693. The number of urea groups is 1. The van der Waals surface area contributed by atoms with Gasteiger partial charge < -0.3 is 15.2 Å². The summed E-state index contributed by atoms with van der Waals surface area (Å²) in [6, 6.07) is 16.9. The molecule has 254 valence electrons. The van der Waals surface area contributed by atoms with Crippen LogP contribution < -0.4 is 15.4 Å². The molecule has 3 N–H and O–H groups in total. The minimum Gasteiger partial charge on any atom is -0.494 e. The average molecular weight is 692 g/mol. The molecule has 2 amide bonds. The van der Waals surface area contributed by atoms with Crippen LogP contribution in [0.1, 0.15) is 73.6 Å². The highest BCUT2D eigenvalue weighted by atomic mass is 32.2. The second kappa shape index (κ2) is 13.0. The Morgan fingerprint density at radius 2 is 1.73 bits per heavy atom. The maximum absolute atomic E-state index is 13.8. The SMILES string of the molecule is COc1c(C(=O)O)csc1S(=O)(=O)N1C2CCC1CC(Cc1cccc(NC(=O)Nc3cc(C(C)(C)C)nn3-c3ccc(C)cc3)c1)C2. The lowest BCUT2D eigenvalue weighted by Gasteiger charge is -2.37. The number of hydrogen-bond acceptors (Lipinski definition) is 7. The van der Waals surface area contributed by atoms with Crippen molar-refractivity contribution in [2.24, 2.45) is 5.92 Å². The number of ether oxygens (including phenoxy) is 1. The molecule has 0 radical (unpaired) electrons. The molecule has 11 nitrogen and oxygen atoms in total. The molecule has 2 aromatic heterocycles. The van der Waals surface area contributed by atoms with Crippen molar-refractivity contribution < 1.29 is 27.9 Å². The van der Waals surface area contributed by atoms with Crippen molar-refractivity contribution in [1.82, 2.24) is 14.1 Å². The van der Waals surface area contributed by atoms with Crippen LogP contribution in [0.2, 0.25) is 0 Å². The lowest BCUT2D eigenvalue weighted by Crippen LogP contribution is -2.46. The molecular formula is C35H41N5O6S2. The number of aryl methyl sites for hydroxylation is 1. The highest BCUT2D eigenvalue weighted by molar-refractivity contribution is 7.91. The van der Waals surface area contributed by atoms with Crippen LogP contribution in [-0.4, -0.2) is 58.8 Å². The molecule has 2 fully saturated rings. The summed E-state index contributed by atoms with van der Waals surface area (Å²) in [6.07, 6.45) is 3.67. The highest BCUT2D eigenvalue weighted by Gasteiger charge is 2.48. The zero-order valence-electron chi connectivity index (χ0n) is 27.7. The minimum atomic E-state index is -3.92. The van der Waals surface area contributed by atoms with Crippen molar-refractivity contribution >= 4 is 44.9 Å². The number of nitrogens with one attached hydrogen (secondary N) is 2. The van der Waals surface area contributed by atoms with E-state index in [1.165, 1.54) is 12.5 Å². The molecule has 0 saturated carbocycles. The van der Waals surface area contributed by atoms with Crippen molar-refractivity contribution in [3.8, 4) is 11.4 Å². The summed E-state index contributed by atoms with van der Waals surface area (Å²) >= 11 is 0.894. The Balaban J connectivity index is 1.13. The molecule has 2 atom stereocenters. The van der Waals surface area contributed by atoms with Crippen LogP contribution >= 0.6 is 11.3 Å². The first-order chi connectivity index (χ1) is 22.7. The van der Waals surface area contributed by atoms with Crippen LogP contribution in [0.5, 0.6) is 5.75 Å². The normalized spacial score (nSPS) is 19.6. The van der Waals surface area contributed by atoms with Crippen molar-refractivity contribution in [3.05, 3.63) is 82.4 Å². The van der Waals surface area contributed by atoms with Gasteiger partial charge >= 0.3 is 12.0 Å². The van der Waals surface area contributed by atoms with Crippen LogP contribution in [0, 0.1) is 12.8 Å². The van der Waals surface area contributed by atoms with E-state index >= 15 is 0 Å². The molecule has 2 unspecified atom stereocenters. The Morgan fingerprint density at radius 3 is 2.35 bits per heavy atom. The molecule has 2 bridgehead atoms. The first-order valence-electron chi connectivity index (χ1n) is 16.0. The fourth-order valence-electron chi connectivity index (χ4n) is 6.86. The zero-order chi connectivity index (χ0) is 34.4. The van der Waals surface area contributed by atoms with E-state index in [0.717, 1.165) is 53.1 Å². The third kappa shape index (κ3) is 6.71. The van der Waals surface area contributed by atoms with Gasteiger partial charge in [0.15, 0.2) is 9.96 Å². The number of amides is 2. The number of piperidine rings is 1. The first kappa shape index (κ1) is 33.7. The maximum Gasteiger partial charge on any atom is 0.340 e. The van der Waals surface area contributed by atoms with Gasteiger partial charge in [-0.15, -0.1) is 11.3 Å². The quantitative estimate of drug-likeness (QED) is 0.171. The molecular weight excluding hydrogens is 651 g/mol. The Hall–Kier alpha value is -4.20. The zero-order valence-corrected chi connectivity index (χ0v) is 29.3. The van der Waals surface area contributed by atoms with Crippen LogP contribution in [-0.2, 0) is 21.9 Å². The molecule has 4 heterocycles. The van der Waals surface area contributed by atoms with Gasteiger partial charge in [0.1, 0.15) is 11.4 Å². The number of aromatic nitrogens is 2. The van der Waals surface area contributed by atoms with Crippen molar-refractivity contribution in [2.45, 2.75) is 81.5 Å². The third-order valence-corrected chi connectivity index (χ3v) is 12.6. The summed E-state index contributed by atoms with van der Waals surface area (Å²) in [5.41, 5.74) is 4.19. The van der Waals surface area contributed by atoms with Gasteiger partial charge in [-0.25, -0.2) is 22.7 Å². The smallest absolute Gasteiger partial charge is 0.340 e. The molecule has 6 rings (SSSR count). The average Bonchev–Trinajstić information content (AvgIpc) is 3.72. The maximum atomic E-state index is 13.8. The van der Waals surface area contributed by atoms with Crippen LogP contribution in [0.3, 0.4) is 0 Å². The number of aromatic carboxylic acids is 1. The molecule has 2 saturated heterocycles. The number of carbonyl (C=O) groups excluding carboxylic acids is 1. The van der Waals surface area contributed by atoms with E-state index < -0.39 is 16.0 Å². The second-order valence-electron chi connectivity index (χ2n) is 13.7. The van der Waals surface area contributed by atoms with Gasteiger partial charge in [0.2, 0.25) is 0 Å². The number of sulfonamides is 1. The number of anilines is 2. The number of carboxylic acid groups (broad SMARTS) is 1. The topological polar surface area (TPSA) is 143 Å². The minimum absolute atomic E-state index is 0.0497. The molecule has 48 heavy (non-hydrogen) atoms. The summed E-state index contributed by atoms with van der Waals surface area (Å²) in [5.74, 6) is -0.493. The monoisotopic (exact) mass is 691 g/mol. The summed E-state index contributed by atoms with van der Waals surface area (Å²) in [6.45, 7) is 8.26. The van der Waals surface area contributed by atoms with Crippen LogP contribution in [0.4, 0.5) is 16.3 Å². The molecule has 13 heteroatoms. The fourth-order valence-corrected chi connectivity index (χ4v) is 10.3. The Morgan fingerprint density at radius 1 is 1.04 bits per heavy atom. The summed E-state index contributed by atoms with van der Waals surface area (Å²) in [5, 5.41) is 21.6. The van der Waals surface area contributed by atoms with Gasteiger partial charge in [-0.2, -0.15) is 9.40 Å². The van der Waals surface area contributed by atoms with Crippen molar-refractivity contribution in [1.29, 1.82) is 0 Å². The molecule has 0 spiro atoms. The molecule has 4 aromatic rings. The second-order valence-corrected chi connectivity index (χ2v) is 16.6. The molecule has 0 aliphatic carbocycles. The van der Waals surface area contributed by atoms with Crippen molar-refractivity contribution in [2.75, 3.05) is 17.7 Å². The Bertz CT molecular complexity index is 1930. The number of thiophene rings is 1. The number of benzene rings is 2. The van der Waals surface area contributed by atoms with E-state index in [9.17, 15) is 23.1 Å². The van der Waals surface area contributed by atoms with Gasteiger partial charge in [-0.3, -0.25) is 5.32 Å². The van der Waals surface area contributed by atoms with E-state index in [1.807, 2.05) is 61.5 Å². The van der Waals surface area contributed by atoms with E-state index in [2.05, 4.69) is 31.4 Å². The number of hydrogen-bond donors (Lipinski definition) is 3. The van der Waals surface area contributed by atoms with E-state index in [0.29, 0.717) is 24.3 Å². The fraction of sp³-hybridized carbons (Fsp3) is 0.400. The van der Waals surface area contributed by atoms with Crippen LogP contribution in [0.25, 0.3) is 5.69 Å². The van der Waals surface area contributed by atoms with Gasteiger partial charge in [0, 0.05) is 34.6 Å². The number of carboxylic acids is 1. The summed E-state index contributed by atoms with van der Waals surface area (Å²) in [4.78, 5) is 24.9. The predicted octanol–water partition coefficient (Wildman–Crippen LogP) is 7.06. The van der Waals surface area contributed by atoms with Gasteiger partial charge in [0.05, 0.1) is 18.5 Å². The number of methoxy groups -OCH3 is 1. The van der Waals surface area contributed by atoms with Gasteiger partial charge in [-0.1, -0.05) is 50.6 Å². The Kier molecular flexibility index (Phi) is 9.14. The van der Waals surface area contributed by atoms with Crippen molar-refractivity contribution in [3.63, 3.8) is 0 Å². The van der Waals surface area contributed by atoms with E-state index in [4.69, 9.17) is 9.84 Å². The molecule has 2 aliphatic heterocycles. The summed E-state index contributed by atoms with van der Waals surface area (Å²) < 4.78 is 36.1. The van der Waals surface area contributed by atoms with Gasteiger partial charge in [0.25, 0.3) is 10.0 Å². The summed E-state index contributed by atoms with van der Waals surface area (Å²) in [7, 11) is -2.63. The number of carbonyl (C=O) groups is 2. The largest absolute Gasteiger partial charge is 0.494 e. The van der Waals surface area contributed by atoms with Crippen LogP contribution in [0.15, 0.2) is 64.2 Å². The van der Waals surface area contributed by atoms with E-state index in [-0.39, 0.29) is 45.0 Å². The van der Waals surface area contributed by atoms with Gasteiger partial charge in [-0.05, 0) is 74.8 Å². The highest BCUT2D eigenvalue weighted by Crippen LogP contribution is 2.46. The standard InChI is InChI=1S/C35H41N5O6S2/c1-21-9-11-25(12-10-21)39-30(19-29(38-39)35(2,3)4)37-34(43)36-24-8-6-7-22(16-24)15-23-17-26-13-14-27(18-23)40(26)48(44,45)33-31(46-5)28(20-47-33)32(41)42/h6-12,16,19-20,23,26-27H,13-15,17-18H2,1-5H3,(H,41,42)(H2,36,37,43). The number of rotatable bonds is 9. The van der Waals surface area contributed by atoms with E-state index in [1.54, 1.807) is 8.99 Å². The third-order valence-electron chi connectivity index (χ3n) is 9.13. The Labute approximate surface area is 285 Å². The number of fused-ring (bicyclic) bond motifs is 2.